The number of hydrogen-bond donors (Lipinski definition) is 0. The predicted molar refractivity (Wildman–Crippen MR) is 99.4 cm³/mol. The fourth-order valence-corrected chi connectivity index (χ4v) is 2.50. The molecule has 154 valence electrons. The van der Waals surface area contributed by atoms with Gasteiger partial charge in [0.05, 0.1) is 25.5 Å². The molecular weight excluding hydrogens is 449 g/mol. The highest BCUT2D eigenvalue weighted by atomic mass is 79.9. The summed E-state index contributed by atoms with van der Waals surface area (Å²) in [5, 5.41) is 9.01. The minimum atomic E-state index is 0. The van der Waals surface area contributed by atoms with Crippen molar-refractivity contribution in [3.8, 4) is 0 Å². The third-order valence-electron chi connectivity index (χ3n) is 4.07. The van der Waals surface area contributed by atoms with Gasteiger partial charge >= 0.3 is 5.95 Å². The van der Waals surface area contributed by atoms with E-state index in [-0.39, 0.29) is 41.8 Å². The summed E-state index contributed by atoms with van der Waals surface area (Å²) in [6.07, 6.45) is 8.90. The number of halogens is 3. The first-order valence-corrected chi connectivity index (χ1v) is 8.93. The quantitative estimate of drug-likeness (QED) is 0.266. The molecule has 2 aromatic rings. The maximum absolute atomic E-state index is 4.55. The van der Waals surface area contributed by atoms with Gasteiger partial charge in [-0.15, -0.1) is 0 Å². The number of anilines is 1. The molecule has 0 saturated heterocycles. The zero-order chi connectivity index (χ0) is 17.4. The van der Waals surface area contributed by atoms with Crippen LogP contribution in [-0.4, -0.2) is 18.7 Å². The van der Waals surface area contributed by atoms with E-state index in [1.807, 2.05) is 26.2 Å². The summed E-state index contributed by atoms with van der Waals surface area (Å²) in [5.74, 6) is 0.939. The van der Waals surface area contributed by atoms with Crippen LogP contribution < -0.4 is 51.3 Å². The summed E-state index contributed by atoms with van der Waals surface area (Å²) in [6, 6.07) is 8.15. The summed E-state index contributed by atoms with van der Waals surface area (Å²) in [4.78, 5) is 2.08. The normalized spacial score (nSPS) is 10.1. The molecule has 27 heavy (non-hydrogen) atoms. The maximum atomic E-state index is 4.55. The number of benzene rings is 1. The van der Waals surface area contributed by atoms with E-state index < -0.39 is 0 Å². The Labute approximate surface area is 186 Å². The highest BCUT2D eigenvalue weighted by molar-refractivity contribution is 5.51. The van der Waals surface area contributed by atoms with Crippen molar-refractivity contribution in [2.45, 2.75) is 52.6 Å². The molecule has 1 aromatic carbocycles. The molecule has 1 heterocycles. The van der Waals surface area contributed by atoms with Crippen molar-refractivity contribution in [2.24, 2.45) is 10.2 Å². The molecule has 0 N–H and O–H groups in total. The van der Waals surface area contributed by atoms with Crippen LogP contribution >= 0.6 is 0 Å². The zero-order valence-corrected chi connectivity index (χ0v) is 19.7. The van der Waals surface area contributed by atoms with E-state index in [9.17, 15) is 0 Å². The lowest BCUT2D eigenvalue weighted by Crippen LogP contribution is -3.00. The molecule has 0 atom stereocenters. The van der Waals surface area contributed by atoms with E-state index in [1.165, 1.54) is 18.5 Å². The van der Waals surface area contributed by atoms with Gasteiger partial charge in [0.25, 0.3) is 0 Å². The van der Waals surface area contributed by atoms with Gasteiger partial charge in [-0.1, -0.05) is 31.8 Å². The number of azo groups is 1. The standard InChI is InChI=1S/C19H30N5.BrH.2ClH/c1-5-7-13-23-15-16-24(14-8-6-2)19(23)21-20-17-9-11-18(12-10-17)22(3)4;;;/h9-12,15-16H,5-8,13-14H2,1-4H3;3*1H/q+1;;;/p-3. The van der Waals surface area contributed by atoms with Crippen molar-refractivity contribution in [2.75, 3.05) is 19.0 Å². The second-order valence-corrected chi connectivity index (χ2v) is 6.30. The van der Waals surface area contributed by atoms with Crippen LogP contribution in [0.1, 0.15) is 39.5 Å². The molecule has 0 aliphatic heterocycles. The first kappa shape index (κ1) is 28.1. The van der Waals surface area contributed by atoms with Crippen molar-refractivity contribution >= 4 is 17.3 Å². The average molecular weight is 479 g/mol. The second kappa shape index (κ2) is 14.9. The van der Waals surface area contributed by atoms with E-state index in [1.54, 1.807) is 0 Å². The first-order chi connectivity index (χ1) is 11.7. The summed E-state index contributed by atoms with van der Waals surface area (Å²) in [6.45, 7) is 6.40. The zero-order valence-electron chi connectivity index (χ0n) is 16.6. The van der Waals surface area contributed by atoms with Gasteiger partial charge in [-0.25, -0.2) is 9.13 Å². The lowest BCUT2D eigenvalue weighted by atomic mass is 10.3. The lowest BCUT2D eigenvalue weighted by molar-refractivity contribution is -0.684. The predicted octanol–water partition coefficient (Wildman–Crippen LogP) is -4.13. The van der Waals surface area contributed by atoms with Gasteiger partial charge in [-0.05, 0) is 37.1 Å². The maximum Gasteiger partial charge on any atom is 0.421 e. The van der Waals surface area contributed by atoms with Crippen LogP contribution in [0.3, 0.4) is 0 Å². The highest BCUT2D eigenvalue weighted by Gasteiger charge is 2.16. The van der Waals surface area contributed by atoms with Crippen molar-refractivity contribution < 1.29 is 46.4 Å². The molecule has 8 heteroatoms. The molecule has 0 saturated carbocycles. The number of aryl methyl sites for hydroxylation is 2. The van der Waals surface area contributed by atoms with E-state index in [0.717, 1.165) is 37.6 Å². The molecule has 0 bridgehead atoms. The van der Waals surface area contributed by atoms with Crippen LogP contribution in [0.4, 0.5) is 17.3 Å². The number of nitrogens with zero attached hydrogens (tertiary/aromatic N) is 5. The fourth-order valence-electron chi connectivity index (χ4n) is 2.50. The molecule has 0 spiro atoms. The molecule has 0 fully saturated rings. The molecule has 0 radical (unpaired) electrons. The van der Waals surface area contributed by atoms with Crippen LogP contribution in [0.2, 0.25) is 0 Å². The molecule has 5 nitrogen and oxygen atoms in total. The monoisotopic (exact) mass is 477 g/mol. The highest BCUT2D eigenvalue weighted by Crippen LogP contribution is 2.20. The van der Waals surface area contributed by atoms with Crippen LogP contribution in [0.5, 0.6) is 0 Å². The van der Waals surface area contributed by atoms with Gasteiger partial charge in [0.2, 0.25) is 0 Å². The molecule has 0 amide bonds. The van der Waals surface area contributed by atoms with E-state index in [0.29, 0.717) is 0 Å². The van der Waals surface area contributed by atoms with E-state index >= 15 is 0 Å². The summed E-state index contributed by atoms with van der Waals surface area (Å²) in [7, 11) is 4.07. The molecule has 1 aromatic heterocycles. The smallest absolute Gasteiger partial charge is 0.421 e. The number of unbranched alkanes of at least 4 members (excludes halogenated alkanes) is 2. The number of aromatic nitrogens is 2. The van der Waals surface area contributed by atoms with Crippen molar-refractivity contribution in [3.63, 3.8) is 0 Å². The molecular formula is C19H30BrCl2N5-2. The average Bonchev–Trinajstić information content (AvgIpc) is 2.98. The van der Waals surface area contributed by atoms with Gasteiger partial charge in [-0.3, -0.25) is 0 Å². The Kier molecular flexibility index (Phi) is 15.5. The van der Waals surface area contributed by atoms with Gasteiger partial charge in [0.15, 0.2) is 0 Å². The molecule has 0 aliphatic carbocycles. The minimum Gasteiger partial charge on any atom is -1.00 e. The Balaban J connectivity index is 0. The Bertz CT molecular complexity index is 631. The van der Waals surface area contributed by atoms with Gasteiger partial charge < -0.3 is 46.7 Å². The third-order valence-corrected chi connectivity index (χ3v) is 4.07. The van der Waals surface area contributed by atoms with Crippen molar-refractivity contribution in [1.82, 2.24) is 4.57 Å². The van der Waals surface area contributed by atoms with Gasteiger partial charge in [0, 0.05) is 24.9 Å². The van der Waals surface area contributed by atoms with Crippen LogP contribution in [-0.2, 0) is 13.1 Å². The summed E-state index contributed by atoms with van der Waals surface area (Å²) >= 11 is 0. The molecule has 2 rings (SSSR count). The lowest BCUT2D eigenvalue weighted by Gasteiger charge is -2.11. The van der Waals surface area contributed by atoms with Crippen molar-refractivity contribution in [3.05, 3.63) is 36.7 Å². The largest absolute Gasteiger partial charge is 1.00 e. The molecule has 0 unspecified atom stereocenters. The summed E-state index contributed by atoms with van der Waals surface area (Å²) in [5.41, 5.74) is 2.05. The minimum absolute atomic E-state index is 0. The van der Waals surface area contributed by atoms with E-state index in [4.69, 9.17) is 0 Å². The Hall–Kier alpha value is -1.11. The van der Waals surface area contributed by atoms with Crippen LogP contribution in [0, 0.1) is 0 Å². The first-order valence-electron chi connectivity index (χ1n) is 8.93. The fraction of sp³-hybridized carbons (Fsp3) is 0.526. The van der Waals surface area contributed by atoms with Gasteiger partial charge in [0.1, 0.15) is 5.69 Å². The number of imidazole rings is 1. The van der Waals surface area contributed by atoms with E-state index in [2.05, 4.69) is 62.6 Å². The SMILES string of the molecule is CCCCn1cc[n+](CCCC)c1N=Nc1ccc(N(C)C)cc1.[Br-].[Cl-].[Cl-]. The van der Waals surface area contributed by atoms with Crippen LogP contribution in [0.15, 0.2) is 46.9 Å². The topological polar surface area (TPSA) is 36.8 Å². The number of rotatable bonds is 9. The van der Waals surface area contributed by atoms with Crippen LogP contribution in [0.25, 0.3) is 0 Å². The molecule has 0 aliphatic rings. The Morgan fingerprint density at radius 2 is 1.59 bits per heavy atom. The van der Waals surface area contributed by atoms with Crippen molar-refractivity contribution in [1.29, 1.82) is 0 Å². The Morgan fingerprint density at radius 3 is 2.15 bits per heavy atom. The number of hydrogen-bond acceptors (Lipinski definition) is 3. The van der Waals surface area contributed by atoms with Gasteiger partial charge in [-0.2, -0.15) is 0 Å². The Morgan fingerprint density at radius 1 is 0.963 bits per heavy atom. The third kappa shape index (κ3) is 8.62. The second-order valence-electron chi connectivity index (χ2n) is 6.30. The summed E-state index contributed by atoms with van der Waals surface area (Å²) < 4.78 is 4.41.